The van der Waals surface area contributed by atoms with Gasteiger partial charge in [0.2, 0.25) is 0 Å². The Kier molecular flexibility index (Phi) is 2.88. The molecule has 1 aromatic heterocycles. The maximum Gasteiger partial charge on any atom is 0.0490 e. The van der Waals surface area contributed by atoms with Gasteiger partial charge in [0.25, 0.3) is 0 Å². The number of hydrogen-bond acceptors (Lipinski definition) is 2. The lowest BCUT2D eigenvalue weighted by Gasteiger charge is -2.40. The zero-order chi connectivity index (χ0) is 10.0. The molecule has 1 aromatic rings. The molecule has 0 aromatic carbocycles. The molecule has 0 saturated heterocycles. The molecule has 2 nitrogen and oxygen atoms in total. The Morgan fingerprint density at radius 2 is 2.21 bits per heavy atom. The fourth-order valence-corrected chi connectivity index (χ4v) is 2.47. The van der Waals surface area contributed by atoms with E-state index >= 15 is 0 Å². The van der Waals surface area contributed by atoms with Gasteiger partial charge in [-0.05, 0) is 52.2 Å². The maximum absolute atomic E-state index is 9.34. The Morgan fingerprint density at radius 1 is 1.43 bits per heavy atom. The van der Waals surface area contributed by atoms with Crippen LogP contribution in [0, 0.1) is 5.41 Å². The lowest BCUT2D eigenvalue weighted by atomic mass is 9.66. The van der Waals surface area contributed by atoms with E-state index in [0.29, 0.717) is 6.61 Å². The van der Waals surface area contributed by atoms with Crippen LogP contribution in [0.25, 0.3) is 0 Å². The van der Waals surface area contributed by atoms with Gasteiger partial charge in [0.05, 0.1) is 0 Å². The zero-order valence-corrected chi connectivity index (χ0v) is 9.63. The molecule has 0 amide bonds. The molecule has 0 unspecified atom stereocenters. The number of nitrogens with zero attached hydrogens (tertiary/aromatic N) is 1. The monoisotopic (exact) mass is 255 g/mol. The molecule has 0 bridgehead atoms. The highest BCUT2D eigenvalue weighted by molar-refractivity contribution is 9.10. The van der Waals surface area contributed by atoms with Crippen molar-refractivity contribution in [2.45, 2.75) is 25.7 Å². The summed E-state index contributed by atoms with van der Waals surface area (Å²) in [6, 6.07) is 2.09. The summed E-state index contributed by atoms with van der Waals surface area (Å²) < 4.78 is 1.02. The van der Waals surface area contributed by atoms with Crippen LogP contribution in [0.5, 0.6) is 0 Å². The molecule has 76 valence electrons. The van der Waals surface area contributed by atoms with Crippen molar-refractivity contribution in [1.29, 1.82) is 0 Å². The van der Waals surface area contributed by atoms with Crippen LogP contribution in [0.15, 0.2) is 22.9 Å². The molecule has 1 N–H and O–H groups in total. The SMILES string of the molecule is OCC1(Cc2cncc(Br)c2)CCC1. The molecular formula is C11H14BrNO. The summed E-state index contributed by atoms with van der Waals surface area (Å²) in [5.41, 5.74) is 1.37. The van der Waals surface area contributed by atoms with Gasteiger partial charge < -0.3 is 5.11 Å². The maximum atomic E-state index is 9.34. The van der Waals surface area contributed by atoms with Gasteiger partial charge in [-0.25, -0.2) is 0 Å². The van der Waals surface area contributed by atoms with Crippen molar-refractivity contribution >= 4 is 15.9 Å². The smallest absolute Gasteiger partial charge is 0.0490 e. The first-order chi connectivity index (χ1) is 6.74. The quantitative estimate of drug-likeness (QED) is 0.901. The largest absolute Gasteiger partial charge is 0.396 e. The topological polar surface area (TPSA) is 33.1 Å². The van der Waals surface area contributed by atoms with Gasteiger partial charge >= 0.3 is 0 Å². The van der Waals surface area contributed by atoms with E-state index in [1.165, 1.54) is 12.0 Å². The van der Waals surface area contributed by atoms with Gasteiger partial charge in [-0.15, -0.1) is 0 Å². The first-order valence-electron chi connectivity index (χ1n) is 4.94. The van der Waals surface area contributed by atoms with Gasteiger partial charge in [0.15, 0.2) is 0 Å². The Labute approximate surface area is 92.5 Å². The van der Waals surface area contributed by atoms with E-state index in [4.69, 9.17) is 0 Å². The summed E-state index contributed by atoms with van der Waals surface area (Å²) in [7, 11) is 0. The van der Waals surface area contributed by atoms with Crippen LogP contribution in [-0.2, 0) is 6.42 Å². The van der Waals surface area contributed by atoms with Crippen molar-refractivity contribution in [2.24, 2.45) is 5.41 Å². The number of hydrogen-bond donors (Lipinski definition) is 1. The Bertz CT molecular complexity index is 317. The van der Waals surface area contributed by atoms with E-state index in [-0.39, 0.29) is 5.41 Å². The van der Waals surface area contributed by atoms with E-state index in [2.05, 4.69) is 27.0 Å². The summed E-state index contributed by atoms with van der Waals surface area (Å²) in [4.78, 5) is 4.13. The third-order valence-electron chi connectivity index (χ3n) is 3.09. The molecular weight excluding hydrogens is 242 g/mol. The molecule has 2 rings (SSSR count). The van der Waals surface area contributed by atoms with E-state index in [1.807, 2.05) is 6.20 Å². The average Bonchev–Trinajstić information content (AvgIpc) is 2.11. The fourth-order valence-electron chi connectivity index (χ4n) is 2.05. The number of halogens is 1. The molecule has 1 fully saturated rings. The van der Waals surface area contributed by atoms with Crippen LogP contribution in [0.1, 0.15) is 24.8 Å². The molecule has 0 aliphatic heterocycles. The minimum Gasteiger partial charge on any atom is -0.396 e. The molecule has 1 saturated carbocycles. The summed E-state index contributed by atoms with van der Waals surface area (Å²) >= 11 is 3.41. The first-order valence-corrected chi connectivity index (χ1v) is 5.74. The molecule has 0 spiro atoms. The highest BCUT2D eigenvalue weighted by Gasteiger charge is 2.36. The van der Waals surface area contributed by atoms with E-state index in [1.54, 1.807) is 6.20 Å². The van der Waals surface area contributed by atoms with E-state index in [9.17, 15) is 5.11 Å². The van der Waals surface area contributed by atoms with Gasteiger partial charge in [-0.1, -0.05) is 6.42 Å². The molecule has 14 heavy (non-hydrogen) atoms. The summed E-state index contributed by atoms with van der Waals surface area (Å²) in [5.74, 6) is 0. The second-order valence-corrected chi connectivity index (χ2v) is 5.12. The standard InChI is InChI=1S/C11H14BrNO/c12-10-4-9(6-13-7-10)5-11(8-14)2-1-3-11/h4,6-7,14H,1-3,5,8H2. The number of aliphatic hydroxyl groups excluding tert-OH is 1. The van der Waals surface area contributed by atoms with Crippen LogP contribution < -0.4 is 0 Å². The lowest BCUT2D eigenvalue weighted by molar-refractivity contribution is 0.0449. The Morgan fingerprint density at radius 3 is 2.71 bits per heavy atom. The molecule has 0 atom stereocenters. The van der Waals surface area contributed by atoms with Crippen LogP contribution in [-0.4, -0.2) is 16.7 Å². The van der Waals surface area contributed by atoms with E-state index in [0.717, 1.165) is 23.7 Å². The Hall–Kier alpha value is -0.410. The van der Waals surface area contributed by atoms with Crippen molar-refractivity contribution in [3.63, 3.8) is 0 Å². The van der Waals surface area contributed by atoms with Crippen molar-refractivity contribution in [1.82, 2.24) is 4.98 Å². The minimum absolute atomic E-state index is 0.155. The number of aromatic nitrogens is 1. The van der Waals surface area contributed by atoms with Crippen LogP contribution in [0.3, 0.4) is 0 Å². The zero-order valence-electron chi connectivity index (χ0n) is 8.04. The lowest BCUT2D eigenvalue weighted by Crippen LogP contribution is -2.35. The third-order valence-corrected chi connectivity index (χ3v) is 3.52. The van der Waals surface area contributed by atoms with Crippen LogP contribution in [0.2, 0.25) is 0 Å². The minimum atomic E-state index is 0.155. The van der Waals surface area contributed by atoms with Gasteiger partial charge in [-0.2, -0.15) is 0 Å². The predicted molar refractivity (Wildman–Crippen MR) is 59.0 cm³/mol. The molecule has 3 heteroatoms. The third kappa shape index (κ3) is 1.98. The van der Waals surface area contributed by atoms with Gasteiger partial charge in [-0.3, -0.25) is 4.98 Å². The second kappa shape index (κ2) is 3.99. The van der Waals surface area contributed by atoms with Crippen LogP contribution in [0.4, 0.5) is 0 Å². The molecule has 1 heterocycles. The van der Waals surface area contributed by atoms with Crippen molar-refractivity contribution in [3.8, 4) is 0 Å². The molecule has 1 aliphatic carbocycles. The van der Waals surface area contributed by atoms with Crippen molar-refractivity contribution in [3.05, 3.63) is 28.5 Å². The second-order valence-electron chi connectivity index (χ2n) is 4.20. The highest BCUT2D eigenvalue weighted by atomic mass is 79.9. The summed E-state index contributed by atoms with van der Waals surface area (Å²) in [6.07, 6.45) is 8.18. The normalized spacial score (nSPS) is 19.0. The van der Waals surface area contributed by atoms with Crippen LogP contribution >= 0.6 is 15.9 Å². The van der Waals surface area contributed by atoms with Gasteiger partial charge in [0, 0.05) is 23.5 Å². The average molecular weight is 256 g/mol. The number of rotatable bonds is 3. The molecule has 1 aliphatic rings. The van der Waals surface area contributed by atoms with Crippen molar-refractivity contribution < 1.29 is 5.11 Å². The van der Waals surface area contributed by atoms with E-state index < -0.39 is 0 Å². The predicted octanol–water partition coefficient (Wildman–Crippen LogP) is 2.55. The number of aliphatic hydroxyl groups is 1. The fraction of sp³-hybridized carbons (Fsp3) is 0.545. The summed E-state index contributed by atoms with van der Waals surface area (Å²) in [6.45, 7) is 0.305. The van der Waals surface area contributed by atoms with Gasteiger partial charge in [0.1, 0.15) is 0 Å². The van der Waals surface area contributed by atoms with Crippen molar-refractivity contribution in [2.75, 3.05) is 6.61 Å². The number of pyridine rings is 1. The summed E-state index contributed by atoms with van der Waals surface area (Å²) in [5, 5.41) is 9.34. The highest BCUT2D eigenvalue weighted by Crippen LogP contribution is 2.43. The Balaban J connectivity index is 2.09. The first kappa shape index (κ1) is 10.1. The molecule has 0 radical (unpaired) electrons.